The van der Waals surface area contributed by atoms with Gasteiger partial charge in [0.05, 0.1) is 12.2 Å². The van der Waals surface area contributed by atoms with Gasteiger partial charge in [0.25, 0.3) is 0 Å². The summed E-state index contributed by atoms with van der Waals surface area (Å²) in [4.78, 5) is 0. The fourth-order valence-electron chi connectivity index (χ4n) is 2.84. The number of nitrogens with one attached hydrogen (secondary N) is 1. The molecule has 1 aromatic heterocycles. The monoisotopic (exact) mass is 381 g/mol. The van der Waals surface area contributed by atoms with Crippen LogP contribution < -0.4 is 4.72 Å². The van der Waals surface area contributed by atoms with Gasteiger partial charge in [0.1, 0.15) is 6.10 Å². The Hall–Kier alpha value is -1.67. The van der Waals surface area contributed by atoms with Gasteiger partial charge in [0, 0.05) is 35.8 Å². The molecule has 0 saturated carbocycles. The Balaban J connectivity index is 1.75. The fraction of sp³-hybridized carbons (Fsp3) is 0.353. The Morgan fingerprint density at radius 1 is 1.40 bits per heavy atom. The molecular formula is C17H20ClN3O3S. The summed E-state index contributed by atoms with van der Waals surface area (Å²) in [7, 11) is -1.81. The van der Waals surface area contributed by atoms with Crippen LogP contribution >= 0.6 is 11.6 Å². The number of benzene rings is 1. The maximum absolute atomic E-state index is 12.4. The second-order valence-corrected chi connectivity index (χ2v) is 7.98. The zero-order valence-electron chi connectivity index (χ0n) is 13.8. The smallest absolute Gasteiger partial charge is 0.234 e. The largest absolute Gasteiger partial charge is 0.372 e. The quantitative estimate of drug-likeness (QED) is 0.864. The molecule has 0 radical (unpaired) electrons. The predicted molar refractivity (Wildman–Crippen MR) is 97.5 cm³/mol. The molecule has 8 heteroatoms. The van der Waals surface area contributed by atoms with Crippen molar-refractivity contribution in [3.8, 4) is 0 Å². The average Bonchev–Trinajstić information content (AvgIpc) is 3.01. The topological polar surface area (TPSA) is 73.2 Å². The minimum Gasteiger partial charge on any atom is -0.372 e. The first kappa shape index (κ1) is 18.1. The van der Waals surface area contributed by atoms with Crippen LogP contribution in [0, 0.1) is 0 Å². The number of sulfonamides is 1. The van der Waals surface area contributed by atoms with E-state index in [1.807, 2.05) is 13.2 Å². The fourth-order valence-corrected chi connectivity index (χ4v) is 4.11. The molecular weight excluding hydrogens is 362 g/mol. The summed E-state index contributed by atoms with van der Waals surface area (Å²) < 4.78 is 35.1. The number of rotatable bonds is 5. The third-order valence-corrected chi connectivity index (χ3v) is 5.49. The molecule has 0 aliphatic carbocycles. The molecule has 134 valence electrons. The summed E-state index contributed by atoms with van der Waals surface area (Å²) in [6, 6.07) is 6.74. The van der Waals surface area contributed by atoms with Crippen molar-refractivity contribution in [3.63, 3.8) is 0 Å². The van der Waals surface area contributed by atoms with Crippen LogP contribution in [-0.4, -0.2) is 30.8 Å². The highest BCUT2D eigenvalue weighted by Gasteiger charge is 2.31. The van der Waals surface area contributed by atoms with E-state index in [-0.39, 0.29) is 12.1 Å². The van der Waals surface area contributed by atoms with Crippen molar-refractivity contribution in [3.05, 3.63) is 58.2 Å². The van der Waals surface area contributed by atoms with Gasteiger partial charge in [-0.3, -0.25) is 4.68 Å². The standard InChI is InChI=1S/C17H20ClN3O3S/c1-21-12-14(11-19-21)17-16(7-4-9-24-17)20-25(22,23)10-8-13-5-2-3-6-15(13)18/h2-3,5-6,8,10-12,16-17,20H,4,7,9H2,1H3/b10-8+/t16-,17+/m0/s1. The van der Waals surface area contributed by atoms with Gasteiger partial charge >= 0.3 is 0 Å². The van der Waals surface area contributed by atoms with Crippen LogP contribution in [0.1, 0.15) is 30.1 Å². The summed E-state index contributed by atoms with van der Waals surface area (Å²) >= 11 is 6.05. The zero-order chi connectivity index (χ0) is 17.9. The van der Waals surface area contributed by atoms with Crippen molar-refractivity contribution in [2.24, 2.45) is 7.05 Å². The van der Waals surface area contributed by atoms with E-state index in [9.17, 15) is 8.42 Å². The lowest BCUT2D eigenvalue weighted by Gasteiger charge is -2.31. The van der Waals surface area contributed by atoms with Gasteiger partial charge in [0.15, 0.2) is 0 Å². The molecule has 6 nitrogen and oxygen atoms in total. The molecule has 3 rings (SSSR count). The maximum atomic E-state index is 12.4. The lowest BCUT2D eigenvalue weighted by atomic mass is 9.99. The molecule has 1 N–H and O–H groups in total. The van der Waals surface area contributed by atoms with E-state index in [2.05, 4.69) is 9.82 Å². The third-order valence-electron chi connectivity index (χ3n) is 4.02. The van der Waals surface area contributed by atoms with Gasteiger partial charge in [0.2, 0.25) is 10.0 Å². The van der Waals surface area contributed by atoms with Crippen LogP contribution in [0.3, 0.4) is 0 Å². The van der Waals surface area contributed by atoms with Crippen LogP contribution in [0.4, 0.5) is 0 Å². The number of ether oxygens (including phenoxy) is 1. The normalized spacial score (nSPS) is 21.7. The number of aromatic nitrogens is 2. The first-order valence-electron chi connectivity index (χ1n) is 8.00. The van der Waals surface area contributed by atoms with Gasteiger partial charge < -0.3 is 4.74 Å². The lowest BCUT2D eigenvalue weighted by Crippen LogP contribution is -2.41. The Kier molecular flexibility index (Phi) is 5.58. The molecule has 1 saturated heterocycles. The molecule has 0 unspecified atom stereocenters. The molecule has 2 atom stereocenters. The molecule has 2 heterocycles. The molecule has 0 spiro atoms. The van der Waals surface area contributed by atoms with Gasteiger partial charge in [-0.05, 0) is 30.5 Å². The van der Waals surface area contributed by atoms with Crippen molar-refractivity contribution in [1.82, 2.24) is 14.5 Å². The molecule has 0 bridgehead atoms. The zero-order valence-corrected chi connectivity index (χ0v) is 15.4. The van der Waals surface area contributed by atoms with Crippen molar-refractivity contribution in [1.29, 1.82) is 0 Å². The number of halogens is 1. The van der Waals surface area contributed by atoms with E-state index in [1.54, 1.807) is 35.1 Å². The molecule has 2 aromatic rings. The van der Waals surface area contributed by atoms with Crippen molar-refractivity contribution >= 4 is 27.7 Å². The highest BCUT2D eigenvalue weighted by atomic mass is 35.5. The lowest BCUT2D eigenvalue weighted by molar-refractivity contribution is -0.00437. The Labute approximate surface area is 152 Å². The molecule has 1 aliphatic heterocycles. The van der Waals surface area contributed by atoms with Crippen molar-refractivity contribution in [2.75, 3.05) is 6.61 Å². The van der Waals surface area contributed by atoms with Crippen LogP contribution in [-0.2, 0) is 21.8 Å². The van der Waals surface area contributed by atoms with E-state index in [4.69, 9.17) is 16.3 Å². The van der Waals surface area contributed by atoms with E-state index in [1.165, 1.54) is 6.08 Å². The first-order chi connectivity index (χ1) is 11.9. The first-order valence-corrected chi connectivity index (χ1v) is 9.92. The average molecular weight is 382 g/mol. The predicted octanol–water partition coefficient (Wildman–Crippen LogP) is 2.88. The maximum Gasteiger partial charge on any atom is 0.234 e. The van der Waals surface area contributed by atoms with Crippen molar-refractivity contribution in [2.45, 2.75) is 25.0 Å². The molecule has 1 fully saturated rings. The highest BCUT2D eigenvalue weighted by molar-refractivity contribution is 7.92. The summed E-state index contributed by atoms with van der Waals surface area (Å²) in [5, 5.41) is 5.78. The second-order valence-electron chi connectivity index (χ2n) is 5.97. The van der Waals surface area contributed by atoms with Gasteiger partial charge in [-0.1, -0.05) is 29.8 Å². The molecule has 1 aromatic carbocycles. The number of nitrogens with zero attached hydrogens (tertiary/aromatic N) is 2. The van der Waals surface area contributed by atoms with Gasteiger partial charge in [-0.15, -0.1) is 0 Å². The van der Waals surface area contributed by atoms with Crippen LogP contribution in [0.5, 0.6) is 0 Å². The molecule has 1 aliphatic rings. The van der Waals surface area contributed by atoms with E-state index >= 15 is 0 Å². The highest BCUT2D eigenvalue weighted by Crippen LogP contribution is 2.28. The number of hydrogen-bond donors (Lipinski definition) is 1. The van der Waals surface area contributed by atoms with E-state index in [0.717, 1.165) is 17.4 Å². The van der Waals surface area contributed by atoms with E-state index in [0.29, 0.717) is 23.6 Å². The van der Waals surface area contributed by atoms with Crippen molar-refractivity contribution < 1.29 is 13.2 Å². The molecule has 0 amide bonds. The Bertz CT molecular complexity index is 864. The third kappa shape index (κ3) is 4.70. The summed E-state index contributed by atoms with van der Waals surface area (Å²) in [5.74, 6) is 0. The minimum atomic E-state index is -3.63. The van der Waals surface area contributed by atoms with Crippen LogP contribution in [0.25, 0.3) is 6.08 Å². The van der Waals surface area contributed by atoms with E-state index < -0.39 is 10.0 Å². The summed E-state index contributed by atoms with van der Waals surface area (Å²) in [5.41, 5.74) is 1.52. The van der Waals surface area contributed by atoms with Crippen LogP contribution in [0.15, 0.2) is 42.1 Å². The Morgan fingerprint density at radius 2 is 2.20 bits per heavy atom. The summed E-state index contributed by atoms with van der Waals surface area (Å²) in [6.07, 6.45) is 6.21. The molecule has 25 heavy (non-hydrogen) atoms. The van der Waals surface area contributed by atoms with Gasteiger partial charge in [-0.2, -0.15) is 5.10 Å². The Morgan fingerprint density at radius 3 is 2.92 bits per heavy atom. The summed E-state index contributed by atoms with van der Waals surface area (Å²) in [6.45, 7) is 0.604. The van der Waals surface area contributed by atoms with Gasteiger partial charge in [-0.25, -0.2) is 13.1 Å². The number of aryl methyl sites for hydroxylation is 1. The minimum absolute atomic E-state index is 0.334. The SMILES string of the molecule is Cn1cc([C@H]2OCCC[C@@H]2NS(=O)(=O)/C=C/c2ccccc2Cl)cn1. The second kappa shape index (κ2) is 7.70. The van der Waals surface area contributed by atoms with Crippen LogP contribution in [0.2, 0.25) is 5.02 Å². The number of hydrogen-bond acceptors (Lipinski definition) is 4.